The summed E-state index contributed by atoms with van der Waals surface area (Å²) in [4.78, 5) is 0. The van der Waals surface area contributed by atoms with Crippen LogP contribution in [0.1, 0.15) is 24.3 Å². The van der Waals surface area contributed by atoms with Gasteiger partial charge in [-0.15, -0.1) is 0 Å². The molecule has 1 saturated carbocycles. The molecule has 1 aliphatic rings. The third kappa shape index (κ3) is 1.16. The summed E-state index contributed by atoms with van der Waals surface area (Å²) in [5.74, 6) is 0.693. The third-order valence-corrected chi connectivity index (χ3v) is 2.13. The molecule has 0 atom stereocenters. The summed E-state index contributed by atoms with van der Waals surface area (Å²) in [6, 6.07) is 5.73. The lowest BCUT2D eigenvalue weighted by molar-refractivity contribution is 1.14. The van der Waals surface area contributed by atoms with Crippen LogP contribution < -0.4 is 11.5 Å². The molecule has 0 amide bonds. The average Bonchev–Trinajstić information content (AvgIpc) is 2.76. The van der Waals surface area contributed by atoms with Crippen LogP contribution in [0.5, 0.6) is 0 Å². The van der Waals surface area contributed by atoms with Crippen LogP contribution in [0, 0.1) is 0 Å². The quantitative estimate of drug-likeness (QED) is 0.596. The standard InChI is InChI=1S/C9H12N2/c10-7-3-4-9(11)8(5-7)6-1-2-6/h3-6H,1-2,10-11H2. The molecule has 0 aromatic heterocycles. The van der Waals surface area contributed by atoms with E-state index in [1.54, 1.807) is 0 Å². The Morgan fingerprint density at radius 1 is 1.18 bits per heavy atom. The largest absolute Gasteiger partial charge is 0.399 e. The minimum absolute atomic E-state index is 0.693. The van der Waals surface area contributed by atoms with E-state index in [0.717, 1.165) is 11.4 Å². The number of benzene rings is 1. The van der Waals surface area contributed by atoms with Crippen molar-refractivity contribution in [2.45, 2.75) is 18.8 Å². The molecule has 0 bridgehead atoms. The van der Waals surface area contributed by atoms with Gasteiger partial charge in [0.1, 0.15) is 0 Å². The number of anilines is 2. The summed E-state index contributed by atoms with van der Waals surface area (Å²) >= 11 is 0. The summed E-state index contributed by atoms with van der Waals surface area (Å²) in [5, 5.41) is 0. The van der Waals surface area contributed by atoms with E-state index >= 15 is 0 Å². The van der Waals surface area contributed by atoms with E-state index in [0.29, 0.717) is 5.92 Å². The van der Waals surface area contributed by atoms with Crippen molar-refractivity contribution in [3.05, 3.63) is 23.8 Å². The van der Waals surface area contributed by atoms with Crippen LogP contribution in [0.3, 0.4) is 0 Å². The maximum Gasteiger partial charge on any atom is 0.0350 e. The predicted molar refractivity (Wildman–Crippen MR) is 47.2 cm³/mol. The fraction of sp³-hybridized carbons (Fsp3) is 0.333. The predicted octanol–water partition coefficient (Wildman–Crippen LogP) is 1.73. The van der Waals surface area contributed by atoms with E-state index in [2.05, 4.69) is 0 Å². The van der Waals surface area contributed by atoms with Crippen molar-refractivity contribution >= 4 is 11.4 Å². The van der Waals surface area contributed by atoms with Crippen molar-refractivity contribution < 1.29 is 0 Å². The first-order valence-corrected chi connectivity index (χ1v) is 3.92. The van der Waals surface area contributed by atoms with Crippen molar-refractivity contribution in [1.82, 2.24) is 0 Å². The molecule has 11 heavy (non-hydrogen) atoms. The van der Waals surface area contributed by atoms with Crippen LogP contribution in [-0.2, 0) is 0 Å². The Balaban J connectivity index is 2.42. The monoisotopic (exact) mass is 148 g/mol. The smallest absolute Gasteiger partial charge is 0.0350 e. The van der Waals surface area contributed by atoms with Crippen LogP contribution in [-0.4, -0.2) is 0 Å². The van der Waals surface area contributed by atoms with Crippen molar-refractivity contribution in [2.24, 2.45) is 0 Å². The molecule has 1 fully saturated rings. The van der Waals surface area contributed by atoms with E-state index in [1.165, 1.54) is 18.4 Å². The van der Waals surface area contributed by atoms with Crippen molar-refractivity contribution in [1.29, 1.82) is 0 Å². The van der Waals surface area contributed by atoms with Gasteiger partial charge >= 0.3 is 0 Å². The van der Waals surface area contributed by atoms with Gasteiger partial charge in [0, 0.05) is 11.4 Å². The molecule has 1 aromatic rings. The lowest BCUT2D eigenvalue weighted by atomic mass is 10.1. The zero-order valence-electron chi connectivity index (χ0n) is 6.38. The van der Waals surface area contributed by atoms with Crippen LogP contribution in [0.2, 0.25) is 0 Å². The second-order valence-corrected chi connectivity index (χ2v) is 3.16. The summed E-state index contributed by atoms with van der Waals surface area (Å²) in [6.07, 6.45) is 2.54. The highest BCUT2D eigenvalue weighted by molar-refractivity contribution is 5.57. The molecule has 0 spiro atoms. The van der Waals surface area contributed by atoms with Gasteiger partial charge < -0.3 is 11.5 Å². The minimum atomic E-state index is 0.693. The van der Waals surface area contributed by atoms with Crippen LogP contribution in [0.15, 0.2) is 18.2 Å². The summed E-state index contributed by atoms with van der Waals surface area (Å²) in [6.45, 7) is 0. The normalized spacial score (nSPS) is 16.7. The topological polar surface area (TPSA) is 52.0 Å². The highest BCUT2D eigenvalue weighted by Crippen LogP contribution is 2.43. The van der Waals surface area contributed by atoms with Crippen LogP contribution in [0.4, 0.5) is 11.4 Å². The van der Waals surface area contributed by atoms with Gasteiger partial charge in [-0.05, 0) is 42.5 Å². The van der Waals surface area contributed by atoms with E-state index in [9.17, 15) is 0 Å². The SMILES string of the molecule is Nc1ccc(N)c(C2CC2)c1. The Morgan fingerprint density at radius 2 is 1.91 bits per heavy atom. The van der Waals surface area contributed by atoms with E-state index in [1.807, 2.05) is 18.2 Å². The Kier molecular flexibility index (Phi) is 1.28. The molecule has 0 unspecified atom stereocenters. The molecule has 1 aliphatic carbocycles. The number of hydrogen-bond donors (Lipinski definition) is 2. The van der Waals surface area contributed by atoms with Gasteiger partial charge in [-0.1, -0.05) is 0 Å². The fourth-order valence-electron chi connectivity index (χ4n) is 1.34. The Morgan fingerprint density at radius 3 is 2.55 bits per heavy atom. The molecule has 0 aliphatic heterocycles. The number of hydrogen-bond acceptors (Lipinski definition) is 2. The zero-order valence-corrected chi connectivity index (χ0v) is 6.38. The highest BCUT2D eigenvalue weighted by Gasteiger charge is 2.25. The van der Waals surface area contributed by atoms with Crippen molar-refractivity contribution in [2.75, 3.05) is 11.5 Å². The molecule has 2 heteroatoms. The molecule has 2 rings (SSSR count). The second kappa shape index (κ2) is 2.16. The minimum Gasteiger partial charge on any atom is -0.399 e. The molecular formula is C9H12N2. The molecule has 58 valence electrons. The second-order valence-electron chi connectivity index (χ2n) is 3.16. The first-order valence-electron chi connectivity index (χ1n) is 3.92. The van der Waals surface area contributed by atoms with Crippen molar-refractivity contribution in [3.8, 4) is 0 Å². The van der Waals surface area contributed by atoms with E-state index in [4.69, 9.17) is 11.5 Å². The van der Waals surface area contributed by atoms with Gasteiger partial charge in [-0.25, -0.2) is 0 Å². The maximum absolute atomic E-state index is 5.77. The van der Waals surface area contributed by atoms with Gasteiger partial charge in [0.15, 0.2) is 0 Å². The summed E-state index contributed by atoms with van der Waals surface area (Å²) in [7, 11) is 0. The van der Waals surface area contributed by atoms with Gasteiger partial charge in [-0.3, -0.25) is 0 Å². The van der Waals surface area contributed by atoms with Crippen LogP contribution in [0.25, 0.3) is 0 Å². The van der Waals surface area contributed by atoms with Gasteiger partial charge in [0.05, 0.1) is 0 Å². The fourth-order valence-corrected chi connectivity index (χ4v) is 1.34. The van der Waals surface area contributed by atoms with Gasteiger partial charge in [-0.2, -0.15) is 0 Å². The Labute approximate surface area is 66.2 Å². The molecule has 0 saturated heterocycles. The molecule has 0 radical (unpaired) electrons. The molecule has 2 nitrogen and oxygen atoms in total. The highest BCUT2D eigenvalue weighted by atomic mass is 14.6. The Bertz CT molecular complexity index is 277. The molecular weight excluding hydrogens is 136 g/mol. The number of nitrogen functional groups attached to an aromatic ring is 2. The lowest BCUT2D eigenvalue weighted by Crippen LogP contribution is -1.94. The van der Waals surface area contributed by atoms with Gasteiger partial charge in [0.2, 0.25) is 0 Å². The number of nitrogens with two attached hydrogens (primary N) is 2. The first kappa shape index (κ1) is 6.53. The molecule has 4 N–H and O–H groups in total. The zero-order chi connectivity index (χ0) is 7.84. The van der Waals surface area contributed by atoms with E-state index < -0.39 is 0 Å². The molecule has 1 aromatic carbocycles. The number of rotatable bonds is 1. The maximum atomic E-state index is 5.77. The summed E-state index contributed by atoms with van der Waals surface area (Å²) < 4.78 is 0. The van der Waals surface area contributed by atoms with E-state index in [-0.39, 0.29) is 0 Å². The molecule has 0 heterocycles. The third-order valence-electron chi connectivity index (χ3n) is 2.13. The lowest BCUT2D eigenvalue weighted by Gasteiger charge is -2.03. The Hall–Kier alpha value is -1.18. The van der Waals surface area contributed by atoms with Crippen molar-refractivity contribution in [3.63, 3.8) is 0 Å². The average molecular weight is 148 g/mol. The van der Waals surface area contributed by atoms with Crippen LogP contribution >= 0.6 is 0 Å². The summed E-state index contributed by atoms with van der Waals surface area (Å²) in [5.41, 5.74) is 14.4. The first-order chi connectivity index (χ1) is 5.27. The van der Waals surface area contributed by atoms with Gasteiger partial charge in [0.25, 0.3) is 0 Å².